The molecule has 10 nitrogen and oxygen atoms in total. The van der Waals surface area contributed by atoms with Gasteiger partial charge >= 0.3 is 5.97 Å². The largest absolute Gasteiger partial charge is 0.490 e. The number of carbonyl (C=O) groups excluding carboxylic acids is 1. The van der Waals surface area contributed by atoms with Gasteiger partial charge in [0.15, 0.2) is 0 Å². The number of sulfonamides is 1. The zero-order valence-corrected chi connectivity index (χ0v) is 17.6. The Morgan fingerprint density at radius 2 is 1.77 bits per heavy atom. The summed E-state index contributed by atoms with van der Waals surface area (Å²) in [5, 5.41) is 13.7. The number of aryl methyl sites for hydroxylation is 2. The number of rotatable bonds is 10. The lowest BCUT2D eigenvalue weighted by atomic mass is 10.1. The number of nitrogens with zero attached hydrogens (tertiary/aromatic N) is 1. The van der Waals surface area contributed by atoms with E-state index in [2.05, 4.69) is 10.0 Å². The van der Waals surface area contributed by atoms with Crippen molar-refractivity contribution in [2.75, 3.05) is 32.1 Å². The van der Waals surface area contributed by atoms with Crippen LogP contribution in [0.3, 0.4) is 0 Å². The number of esters is 1. The van der Waals surface area contributed by atoms with E-state index in [9.17, 15) is 23.3 Å². The molecule has 0 spiro atoms. The summed E-state index contributed by atoms with van der Waals surface area (Å²) in [6.45, 7) is 3.31. The lowest BCUT2D eigenvalue weighted by Crippen LogP contribution is -2.31. The molecule has 0 aromatic heterocycles. The second kappa shape index (κ2) is 10.0. The zero-order valence-electron chi connectivity index (χ0n) is 16.8. The molecular weight excluding hydrogens is 414 g/mol. The van der Waals surface area contributed by atoms with Crippen molar-refractivity contribution >= 4 is 27.4 Å². The molecule has 0 aliphatic heterocycles. The highest BCUT2D eigenvalue weighted by molar-refractivity contribution is 7.89. The Hall–Kier alpha value is -3.18. The molecule has 11 heteroatoms. The predicted molar refractivity (Wildman–Crippen MR) is 110 cm³/mol. The van der Waals surface area contributed by atoms with Gasteiger partial charge in [-0.1, -0.05) is 6.07 Å². The van der Waals surface area contributed by atoms with Crippen LogP contribution in [0.25, 0.3) is 0 Å². The second-order valence-electron chi connectivity index (χ2n) is 6.40. The molecule has 2 aromatic rings. The highest BCUT2D eigenvalue weighted by Crippen LogP contribution is 2.27. The van der Waals surface area contributed by atoms with Gasteiger partial charge in [0.2, 0.25) is 10.0 Å². The van der Waals surface area contributed by atoms with E-state index in [1.165, 1.54) is 19.2 Å². The summed E-state index contributed by atoms with van der Waals surface area (Å²) in [4.78, 5) is 21.8. The van der Waals surface area contributed by atoms with Crippen molar-refractivity contribution < 1.29 is 27.6 Å². The molecule has 30 heavy (non-hydrogen) atoms. The number of carbonyl (C=O) groups is 1. The van der Waals surface area contributed by atoms with Crippen LogP contribution in [0.15, 0.2) is 41.3 Å². The van der Waals surface area contributed by atoms with Crippen LogP contribution in [0.2, 0.25) is 0 Å². The standard InChI is InChI=1S/C19H23N3O7S/c1-13-8-14(2)10-15(9-13)28-6-7-29-19(23)12-21-30(26,27)16-4-5-17(20-3)18(11-16)22(24)25/h4-5,8-11,20-21H,6-7,12H2,1-3H3. The summed E-state index contributed by atoms with van der Waals surface area (Å²) in [5.41, 5.74) is 1.85. The number of hydrogen-bond acceptors (Lipinski definition) is 8. The van der Waals surface area contributed by atoms with E-state index in [1.807, 2.05) is 32.0 Å². The Morgan fingerprint density at radius 1 is 1.10 bits per heavy atom. The smallest absolute Gasteiger partial charge is 0.321 e. The topological polar surface area (TPSA) is 137 Å². The maximum atomic E-state index is 12.3. The molecule has 0 radical (unpaired) electrons. The predicted octanol–water partition coefficient (Wildman–Crippen LogP) is 2.15. The molecule has 162 valence electrons. The SMILES string of the molecule is CNc1ccc(S(=O)(=O)NCC(=O)OCCOc2cc(C)cc(C)c2)cc1[N+](=O)[O-]. The summed E-state index contributed by atoms with van der Waals surface area (Å²) < 4.78 is 37.1. The molecule has 0 saturated heterocycles. The summed E-state index contributed by atoms with van der Waals surface area (Å²) >= 11 is 0. The first-order chi connectivity index (χ1) is 14.1. The molecule has 0 saturated carbocycles. The Bertz CT molecular complexity index is 1020. The maximum absolute atomic E-state index is 12.3. The molecule has 2 rings (SSSR count). The number of nitro benzene ring substituents is 1. The highest BCUT2D eigenvalue weighted by Gasteiger charge is 2.21. The Balaban J connectivity index is 1.86. The van der Waals surface area contributed by atoms with Gasteiger partial charge in [0.25, 0.3) is 5.69 Å². The summed E-state index contributed by atoms with van der Waals surface area (Å²) in [6, 6.07) is 9.08. The molecular formula is C19H23N3O7S. The number of anilines is 1. The van der Waals surface area contributed by atoms with Crippen molar-refractivity contribution in [2.45, 2.75) is 18.7 Å². The minimum Gasteiger partial charge on any atom is -0.490 e. The van der Waals surface area contributed by atoms with Gasteiger partial charge in [0.1, 0.15) is 31.2 Å². The van der Waals surface area contributed by atoms with Gasteiger partial charge in [-0.15, -0.1) is 0 Å². The zero-order chi connectivity index (χ0) is 22.3. The fraction of sp³-hybridized carbons (Fsp3) is 0.316. The first-order valence-electron chi connectivity index (χ1n) is 8.95. The van der Waals surface area contributed by atoms with E-state index in [0.717, 1.165) is 17.2 Å². The number of nitrogens with one attached hydrogen (secondary N) is 2. The Morgan fingerprint density at radius 3 is 2.37 bits per heavy atom. The molecule has 0 bridgehead atoms. The van der Waals surface area contributed by atoms with Crippen molar-refractivity contribution in [3.63, 3.8) is 0 Å². The van der Waals surface area contributed by atoms with Crippen LogP contribution >= 0.6 is 0 Å². The third-order valence-electron chi connectivity index (χ3n) is 3.96. The third kappa shape index (κ3) is 6.42. The highest BCUT2D eigenvalue weighted by atomic mass is 32.2. The molecule has 0 heterocycles. The van der Waals surface area contributed by atoms with Gasteiger partial charge in [-0.25, -0.2) is 8.42 Å². The van der Waals surface area contributed by atoms with Gasteiger partial charge in [-0.2, -0.15) is 4.72 Å². The fourth-order valence-electron chi connectivity index (χ4n) is 2.66. The number of nitro groups is 1. The first kappa shape index (κ1) is 23.1. The minimum absolute atomic E-state index is 0.0596. The molecule has 2 aromatic carbocycles. The van der Waals surface area contributed by atoms with Crippen LogP contribution in [-0.4, -0.2) is 46.1 Å². The van der Waals surface area contributed by atoms with Crippen LogP contribution in [0.4, 0.5) is 11.4 Å². The van der Waals surface area contributed by atoms with Gasteiger partial charge < -0.3 is 14.8 Å². The molecule has 0 aliphatic rings. The summed E-state index contributed by atoms with van der Waals surface area (Å²) in [5.74, 6) is -0.153. The van der Waals surface area contributed by atoms with Gasteiger partial charge in [-0.05, 0) is 49.2 Å². The van der Waals surface area contributed by atoms with Crippen LogP contribution in [0.5, 0.6) is 5.75 Å². The molecule has 2 N–H and O–H groups in total. The van der Waals surface area contributed by atoms with Crippen LogP contribution in [-0.2, 0) is 19.6 Å². The fourth-order valence-corrected chi connectivity index (χ4v) is 3.65. The second-order valence-corrected chi connectivity index (χ2v) is 8.17. The molecule has 0 aliphatic carbocycles. The van der Waals surface area contributed by atoms with Crippen LogP contribution in [0.1, 0.15) is 11.1 Å². The monoisotopic (exact) mass is 437 g/mol. The normalized spacial score (nSPS) is 11.0. The first-order valence-corrected chi connectivity index (χ1v) is 10.4. The van der Waals surface area contributed by atoms with Crippen molar-refractivity contribution in [3.8, 4) is 5.75 Å². The van der Waals surface area contributed by atoms with Crippen molar-refractivity contribution in [3.05, 3.63) is 57.6 Å². The number of ether oxygens (including phenoxy) is 2. The van der Waals surface area contributed by atoms with E-state index in [1.54, 1.807) is 0 Å². The van der Waals surface area contributed by atoms with E-state index >= 15 is 0 Å². The van der Waals surface area contributed by atoms with Crippen molar-refractivity contribution in [2.24, 2.45) is 0 Å². The molecule has 0 amide bonds. The average Bonchev–Trinajstić information content (AvgIpc) is 2.68. The molecule has 0 unspecified atom stereocenters. The summed E-state index contributed by atoms with van der Waals surface area (Å²) in [7, 11) is -2.65. The third-order valence-corrected chi connectivity index (χ3v) is 5.36. The van der Waals surface area contributed by atoms with E-state index in [-0.39, 0.29) is 23.8 Å². The number of hydrogen-bond donors (Lipinski definition) is 2. The maximum Gasteiger partial charge on any atom is 0.321 e. The van der Waals surface area contributed by atoms with E-state index < -0.39 is 33.1 Å². The quantitative estimate of drug-likeness (QED) is 0.250. The van der Waals surface area contributed by atoms with Gasteiger partial charge in [0, 0.05) is 13.1 Å². The van der Waals surface area contributed by atoms with Crippen molar-refractivity contribution in [1.29, 1.82) is 0 Å². The van der Waals surface area contributed by atoms with E-state index in [0.29, 0.717) is 5.75 Å². The average molecular weight is 437 g/mol. The minimum atomic E-state index is -4.13. The molecule has 0 fully saturated rings. The Kier molecular flexibility index (Phi) is 7.72. The lowest BCUT2D eigenvalue weighted by Gasteiger charge is -2.10. The van der Waals surface area contributed by atoms with Crippen LogP contribution < -0.4 is 14.8 Å². The van der Waals surface area contributed by atoms with Crippen molar-refractivity contribution in [1.82, 2.24) is 4.72 Å². The van der Waals surface area contributed by atoms with Gasteiger partial charge in [0.05, 0.1) is 9.82 Å². The Labute approximate surface area is 174 Å². The summed E-state index contributed by atoms with van der Waals surface area (Å²) in [6.07, 6.45) is 0. The number of benzene rings is 2. The van der Waals surface area contributed by atoms with E-state index in [4.69, 9.17) is 9.47 Å². The van der Waals surface area contributed by atoms with Gasteiger partial charge in [-0.3, -0.25) is 14.9 Å². The lowest BCUT2D eigenvalue weighted by molar-refractivity contribution is -0.384. The molecule has 0 atom stereocenters. The van der Waals surface area contributed by atoms with Crippen LogP contribution in [0, 0.1) is 24.0 Å².